The zero-order valence-corrected chi connectivity index (χ0v) is 18.1. The molecule has 0 aliphatic rings. The summed E-state index contributed by atoms with van der Waals surface area (Å²) in [5.74, 6) is 0.393. The zero-order valence-electron chi connectivity index (χ0n) is 17.2. The molecule has 0 amide bonds. The maximum atomic E-state index is 13.2. The molecule has 158 valence electrons. The van der Waals surface area contributed by atoms with Crippen LogP contribution in [0.1, 0.15) is 22.5 Å². The van der Waals surface area contributed by atoms with Crippen molar-refractivity contribution in [3.8, 4) is 0 Å². The van der Waals surface area contributed by atoms with Crippen molar-refractivity contribution in [1.29, 1.82) is 0 Å². The molecule has 0 spiro atoms. The molecular weight excluding hydrogens is 413 g/mol. The molecule has 0 atom stereocenters. The number of benzene rings is 2. The van der Waals surface area contributed by atoms with Crippen molar-refractivity contribution in [2.24, 2.45) is 0 Å². The summed E-state index contributed by atoms with van der Waals surface area (Å²) < 4.78 is 18.7. The summed E-state index contributed by atoms with van der Waals surface area (Å²) in [5.41, 5.74) is 4.18. The van der Waals surface area contributed by atoms with Crippen molar-refractivity contribution in [1.82, 2.24) is 9.88 Å². The van der Waals surface area contributed by atoms with Gasteiger partial charge >= 0.3 is 0 Å². The van der Waals surface area contributed by atoms with Gasteiger partial charge in [-0.15, -0.1) is 0 Å². The summed E-state index contributed by atoms with van der Waals surface area (Å²) in [6.07, 6.45) is 1.60. The van der Waals surface area contributed by atoms with Gasteiger partial charge in [0.1, 0.15) is 11.6 Å². The van der Waals surface area contributed by atoms with Crippen LogP contribution >= 0.6 is 12.2 Å². The summed E-state index contributed by atoms with van der Waals surface area (Å²) >= 11 is 5.61. The van der Waals surface area contributed by atoms with E-state index in [-0.39, 0.29) is 17.9 Å². The van der Waals surface area contributed by atoms with Gasteiger partial charge in [0.15, 0.2) is 5.11 Å². The third kappa shape index (κ3) is 4.83. The number of aryl methyl sites for hydroxylation is 2. The summed E-state index contributed by atoms with van der Waals surface area (Å²) in [6, 6.07) is 15.5. The molecule has 0 aliphatic carbocycles. The van der Waals surface area contributed by atoms with E-state index in [4.69, 9.17) is 16.6 Å². The third-order valence-electron chi connectivity index (χ3n) is 5.21. The van der Waals surface area contributed by atoms with Crippen LogP contribution in [0.4, 0.5) is 10.1 Å². The molecule has 31 heavy (non-hydrogen) atoms. The van der Waals surface area contributed by atoms with Gasteiger partial charge in [-0.25, -0.2) is 4.39 Å². The fraction of sp³-hybridized carbons (Fsp3) is 0.167. The minimum atomic E-state index is -0.322. The van der Waals surface area contributed by atoms with E-state index in [1.807, 2.05) is 36.9 Å². The molecule has 2 N–H and O–H groups in total. The average molecular weight is 436 g/mol. The second-order valence-corrected chi connectivity index (χ2v) is 7.91. The Bertz CT molecular complexity index is 1280. The number of H-pyrrole nitrogens is 1. The first kappa shape index (κ1) is 20.8. The predicted molar refractivity (Wildman–Crippen MR) is 125 cm³/mol. The van der Waals surface area contributed by atoms with Gasteiger partial charge in [0.25, 0.3) is 5.56 Å². The fourth-order valence-electron chi connectivity index (χ4n) is 3.37. The number of thiocarbonyl (C=S) groups is 1. The van der Waals surface area contributed by atoms with E-state index in [0.29, 0.717) is 28.7 Å². The molecule has 0 saturated carbocycles. The number of fused-ring (bicyclic) bond motifs is 1. The number of aromatic nitrogens is 1. The lowest BCUT2D eigenvalue weighted by molar-refractivity contribution is 0.359. The van der Waals surface area contributed by atoms with Gasteiger partial charge in [-0.05, 0) is 97.2 Å². The van der Waals surface area contributed by atoms with Gasteiger partial charge in [0, 0.05) is 16.8 Å². The summed E-state index contributed by atoms with van der Waals surface area (Å²) in [6.45, 7) is 4.73. The largest absolute Gasteiger partial charge is 0.467 e. The Morgan fingerprint density at radius 2 is 1.84 bits per heavy atom. The molecule has 0 aliphatic heterocycles. The van der Waals surface area contributed by atoms with Crippen molar-refractivity contribution in [2.75, 3.05) is 5.32 Å². The second-order valence-electron chi connectivity index (χ2n) is 7.52. The van der Waals surface area contributed by atoms with E-state index in [1.165, 1.54) is 12.1 Å². The smallest absolute Gasteiger partial charge is 0.253 e. The van der Waals surface area contributed by atoms with Crippen LogP contribution in [0.5, 0.6) is 0 Å². The SMILES string of the molecule is Cc1cc2cc(CN(Cc3ccco3)C(=S)Nc3ccc(F)cc3)c(=O)[nH]c2cc1C. The lowest BCUT2D eigenvalue weighted by Crippen LogP contribution is -2.35. The Morgan fingerprint density at radius 1 is 1.10 bits per heavy atom. The molecule has 4 rings (SSSR count). The molecule has 0 saturated heterocycles. The van der Waals surface area contributed by atoms with Crippen LogP contribution in [0.3, 0.4) is 0 Å². The molecular formula is C24H22FN3O2S. The first-order valence-corrected chi connectivity index (χ1v) is 10.3. The maximum absolute atomic E-state index is 13.2. The lowest BCUT2D eigenvalue weighted by atomic mass is 10.0. The predicted octanol–water partition coefficient (Wildman–Crippen LogP) is 5.28. The van der Waals surface area contributed by atoms with Crippen molar-refractivity contribution >= 4 is 33.9 Å². The maximum Gasteiger partial charge on any atom is 0.253 e. The van der Waals surface area contributed by atoms with E-state index >= 15 is 0 Å². The quantitative estimate of drug-likeness (QED) is 0.418. The topological polar surface area (TPSA) is 61.3 Å². The normalized spacial score (nSPS) is 10.9. The Kier molecular flexibility index (Phi) is 5.86. The Balaban J connectivity index is 1.64. The van der Waals surface area contributed by atoms with Crippen molar-refractivity contribution < 1.29 is 8.81 Å². The Morgan fingerprint density at radius 3 is 2.55 bits per heavy atom. The van der Waals surface area contributed by atoms with E-state index in [1.54, 1.807) is 24.5 Å². The molecule has 0 unspecified atom stereocenters. The summed E-state index contributed by atoms with van der Waals surface area (Å²) in [4.78, 5) is 17.6. The van der Waals surface area contributed by atoms with E-state index in [2.05, 4.69) is 16.4 Å². The molecule has 5 nitrogen and oxygen atoms in total. The standard InChI is InChI=1S/C24H22FN3O2S/c1-15-10-17-12-18(23(29)27-22(17)11-16(15)2)13-28(14-21-4-3-9-30-21)24(31)26-20-7-5-19(25)6-8-20/h3-12H,13-14H2,1-2H3,(H,26,31)(H,27,29). The van der Waals surface area contributed by atoms with Crippen LogP contribution in [0.25, 0.3) is 10.9 Å². The summed E-state index contributed by atoms with van der Waals surface area (Å²) in [7, 11) is 0. The van der Waals surface area contributed by atoms with Crippen LogP contribution in [-0.2, 0) is 13.1 Å². The molecule has 0 radical (unpaired) electrons. The number of nitrogens with one attached hydrogen (secondary N) is 2. The van der Waals surface area contributed by atoms with Crippen molar-refractivity contribution in [3.63, 3.8) is 0 Å². The molecule has 2 aromatic heterocycles. The highest BCUT2D eigenvalue weighted by Gasteiger charge is 2.16. The van der Waals surface area contributed by atoms with E-state index in [0.717, 1.165) is 22.0 Å². The molecule has 2 aromatic carbocycles. The molecule has 2 heterocycles. The van der Waals surface area contributed by atoms with Crippen molar-refractivity contribution in [3.05, 3.63) is 99.5 Å². The second kappa shape index (κ2) is 8.73. The number of hydrogen-bond acceptors (Lipinski definition) is 3. The highest BCUT2D eigenvalue weighted by atomic mass is 32.1. The number of pyridine rings is 1. The fourth-order valence-corrected chi connectivity index (χ4v) is 3.62. The highest BCUT2D eigenvalue weighted by Crippen LogP contribution is 2.19. The number of furan rings is 1. The zero-order chi connectivity index (χ0) is 22.0. The molecule has 7 heteroatoms. The van der Waals surface area contributed by atoms with Gasteiger partial charge in [-0.1, -0.05) is 0 Å². The van der Waals surface area contributed by atoms with E-state index < -0.39 is 0 Å². The van der Waals surface area contributed by atoms with Gasteiger partial charge in [-0.2, -0.15) is 0 Å². The Hall–Kier alpha value is -3.45. The number of hydrogen-bond donors (Lipinski definition) is 2. The minimum absolute atomic E-state index is 0.162. The van der Waals surface area contributed by atoms with Gasteiger partial charge in [0.05, 0.1) is 19.4 Å². The third-order valence-corrected chi connectivity index (χ3v) is 5.57. The summed E-state index contributed by atoms with van der Waals surface area (Å²) in [5, 5.41) is 4.48. The van der Waals surface area contributed by atoms with Gasteiger partial charge < -0.3 is 19.6 Å². The van der Waals surface area contributed by atoms with Crippen LogP contribution in [-0.4, -0.2) is 15.0 Å². The average Bonchev–Trinajstić information content (AvgIpc) is 3.24. The highest BCUT2D eigenvalue weighted by molar-refractivity contribution is 7.80. The van der Waals surface area contributed by atoms with E-state index in [9.17, 15) is 9.18 Å². The monoisotopic (exact) mass is 435 g/mol. The minimum Gasteiger partial charge on any atom is -0.467 e. The van der Waals surface area contributed by atoms with Crippen molar-refractivity contribution in [2.45, 2.75) is 26.9 Å². The van der Waals surface area contributed by atoms with Gasteiger partial charge in [-0.3, -0.25) is 4.79 Å². The number of halogens is 1. The first-order chi connectivity index (χ1) is 14.9. The molecule has 0 fully saturated rings. The number of nitrogens with zero attached hydrogens (tertiary/aromatic N) is 1. The van der Waals surface area contributed by atoms with Crippen LogP contribution in [0.15, 0.2) is 70.1 Å². The van der Waals surface area contributed by atoms with Gasteiger partial charge in [0.2, 0.25) is 0 Å². The Labute approximate surface area is 184 Å². The number of aromatic amines is 1. The van der Waals surface area contributed by atoms with Crippen LogP contribution in [0.2, 0.25) is 0 Å². The lowest BCUT2D eigenvalue weighted by Gasteiger charge is -2.25. The number of anilines is 1. The number of rotatable bonds is 5. The van der Waals surface area contributed by atoms with Crippen LogP contribution < -0.4 is 10.9 Å². The first-order valence-electron chi connectivity index (χ1n) is 9.86. The molecule has 0 bridgehead atoms. The molecule has 4 aromatic rings. The van der Waals surface area contributed by atoms with Crippen LogP contribution in [0, 0.1) is 19.7 Å².